The number of amidine groups is 1. The Balaban J connectivity index is 1.54. The zero-order valence-electron chi connectivity index (χ0n) is 14.0. The monoisotopic (exact) mass is 339 g/mol. The summed E-state index contributed by atoms with van der Waals surface area (Å²) in [7, 11) is 2.06. The van der Waals surface area contributed by atoms with Crippen LogP contribution in [0.2, 0.25) is 0 Å². The van der Waals surface area contributed by atoms with Gasteiger partial charge in [-0.05, 0) is 31.4 Å². The summed E-state index contributed by atoms with van der Waals surface area (Å²) in [5.74, 6) is 0.695. The fourth-order valence-corrected chi connectivity index (χ4v) is 4.29. The summed E-state index contributed by atoms with van der Waals surface area (Å²) in [5, 5.41) is 11.9. The molecule has 0 saturated carbocycles. The number of aryl methyl sites for hydroxylation is 1. The lowest BCUT2D eigenvalue weighted by molar-refractivity contribution is -0.670. The molecule has 0 radical (unpaired) electrons. The zero-order valence-corrected chi connectivity index (χ0v) is 14.9. The Bertz CT molecular complexity index is 871. The van der Waals surface area contributed by atoms with Crippen molar-refractivity contribution in [1.29, 1.82) is 5.41 Å². The van der Waals surface area contributed by atoms with Crippen molar-refractivity contribution in [2.45, 2.75) is 25.8 Å². The molecule has 0 bridgehead atoms. The van der Waals surface area contributed by atoms with Gasteiger partial charge in [-0.3, -0.25) is 5.41 Å². The Morgan fingerprint density at radius 3 is 2.92 bits per heavy atom. The van der Waals surface area contributed by atoms with Crippen LogP contribution in [0.15, 0.2) is 42.2 Å². The molecule has 0 aliphatic carbocycles. The molecule has 1 N–H and O–H groups in total. The van der Waals surface area contributed by atoms with Crippen molar-refractivity contribution in [3.8, 4) is 0 Å². The number of likely N-dealkylation sites (tertiary alicyclic amines) is 1. The molecule has 0 amide bonds. The third kappa shape index (κ3) is 2.96. The molecule has 24 heavy (non-hydrogen) atoms. The minimum absolute atomic E-state index is 0.695. The Hall–Kier alpha value is -2.14. The van der Waals surface area contributed by atoms with E-state index in [-0.39, 0.29) is 0 Å². The molecule has 4 rings (SSSR count). The number of fused-ring (bicyclic) bond motifs is 1. The molecule has 4 nitrogen and oxygen atoms in total. The van der Waals surface area contributed by atoms with E-state index in [4.69, 9.17) is 5.41 Å². The Morgan fingerprint density at radius 1 is 1.25 bits per heavy atom. The van der Waals surface area contributed by atoms with Crippen molar-refractivity contribution in [3.63, 3.8) is 0 Å². The van der Waals surface area contributed by atoms with E-state index in [0.29, 0.717) is 5.84 Å². The molecule has 0 atom stereocenters. The first-order valence-electron chi connectivity index (χ1n) is 8.56. The number of pyridine rings is 1. The normalized spacial score (nSPS) is 15.1. The average Bonchev–Trinajstić information content (AvgIpc) is 3.23. The van der Waals surface area contributed by atoms with Gasteiger partial charge in [-0.2, -0.15) is 0 Å². The van der Waals surface area contributed by atoms with Crippen LogP contribution in [-0.2, 0) is 13.6 Å². The maximum atomic E-state index is 8.47. The molecule has 1 aliphatic heterocycles. The highest BCUT2D eigenvalue weighted by molar-refractivity contribution is 7.10. The van der Waals surface area contributed by atoms with Gasteiger partial charge in [-0.25, -0.2) is 4.57 Å². The lowest BCUT2D eigenvalue weighted by atomic mass is 10.1. The second-order valence-electron chi connectivity index (χ2n) is 6.59. The van der Waals surface area contributed by atoms with Gasteiger partial charge < -0.3 is 9.47 Å². The van der Waals surface area contributed by atoms with E-state index in [2.05, 4.69) is 63.3 Å². The maximum Gasteiger partial charge on any atom is 0.193 e. The van der Waals surface area contributed by atoms with Gasteiger partial charge in [-0.15, -0.1) is 11.3 Å². The van der Waals surface area contributed by atoms with Gasteiger partial charge in [0.25, 0.3) is 0 Å². The highest BCUT2D eigenvalue weighted by Gasteiger charge is 2.16. The molecule has 1 aliphatic rings. The molecule has 4 heterocycles. The van der Waals surface area contributed by atoms with Crippen LogP contribution < -0.4 is 4.57 Å². The van der Waals surface area contributed by atoms with Crippen LogP contribution in [0.1, 0.15) is 29.7 Å². The maximum absolute atomic E-state index is 8.47. The summed E-state index contributed by atoms with van der Waals surface area (Å²) in [4.78, 5) is 3.52. The van der Waals surface area contributed by atoms with Crippen LogP contribution in [0.5, 0.6) is 0 Å². The minimum Gasteiger partial charge on any atom is -0.357 e. The largest absolute Gasteiger partial charge is 0.357 e. The van der Waals surface area contributed by atoms with E-state index in [9.17, 15) is 0 Å². The third-order valence-electron chi connectivity index (χ3n) is 4.78. The fourth-order valence-electron chi connectivity index (χ4n) is 3.42. The first-order chi connectivity index (χ1) is 11.7. The first kappa shape index (κ1) is 15.4. The molecule has 1 fully saturated rings. The molecular formula is C19H23N4S+. The number of nitrogens with zero attached hydrogens (tertiary/aromatic N) is 3. The standard InChI is InChI=1S/C19H23N4S/c1-21-9-5-15-6-10-23(18(15)13-21)12-17-11-16(14-24-17)19(20)22-7-3-2-4-8-22/h5-6,9-11,13-14,20H,2-4,7-8,12H2,1H3/q+1. The SMILES string of the molecule is C[n+]1ccc2ccn(Cc3cc(C(=N)N4CCCCC4)cs3)c2c1. The van der Waals surface area contributed by atoms with Crippen molar-refractivity contribution >= 4 is 28.1 Å². The summed E-state index contributed by atoms with van der Waals surface area (Å²) in [5.41, 5.74) is 2.32. The van der Waals surface area contributed by atoms with Crippen LogP contribution in [0.25, 0.3) is 10.9 Å². The quantitative estimate of drug-likeness (QED) is 0.443. The van der Waals surface area contributed by atoms with Gasteiger partial charge in [0.15, 0.2) is 12.4 Å². The van der Waals surface area contributed by atoms with E-state index < -0.39 is 0 Å². The third-order valence-corrected chi connectivity index (χ3v) is 5.70. The van der Waals surface area contributed by atoms with Crippen molar-refractivity contribution in [2.75, 3.05) is 13.1 Å². The van der Waals surface area contributed by atoms with Crippen molar-refractivity contribution in [2.24, 2.45) is 7.05 Å². The van der Waals surface area contributed by atoms with Crippen LogP contribution in [0, 0.1) is 5.41 Å². The smallest absolute Gasteiger partial charge is 0.193 e. The molecule has 0 unspecified atom stereocenters. The van der Waals surface area contributed by atoms with Crippen molar-refractivity contribution in [1.82, 2.24) is 9.47 Å². The molecule has 0 spiro atoms. The van der Waals surface area contributed by atoms with Gasteiger partial charge in [0, 0.05) is 46.6 Å². The molecule has 5 heteroatoms. The molecule has 124 valence electrons. The molecule has 3 aromatic heterocycles. The first-order valence-corrected chi connectivity index (χ1v) is 9.44. The minimum atomic E-state index is 0.695. The molecular weight excluding hydrogens is 316 g/mol. The topological polar surface area (TPSA) is 35.9 Å². The van der Waals surface area contributed by atoms with E-state index in [1.54, 1.807) is 11.3 Å². The predicted molar refractivity (Wildman–Crippen MR) is 98.8 cm³/mol. The summed E-state index contributed by atoms with van der Waals surface area (Å²) in [6, 6.07) is 6.51. The molecule has 3 aromatic rings. The summed E-state index contributed by atoms with van der Waals surface area (Å²) in [6.07, 6.45) is 10.1. The second-order valence-corrected chi connectivity index (χ2v) is 7.59. The molecule has 0 aromatic carbocycles. The summed E-state index contributed by atoms with van der Waals surface area (Å²) in [6.45, 7) is 2.93. The van der Waals surface area contributed by atoms with Gasteiger partial charge in [0.1, 0.15) is 18.4 Å². The van der Waals surface area contributed by atoms with Crippen molar-refractivity contribution in [3.05, 3.63) is 52.6 Å². The highest BCUT2D eigenvalue weighted by atomic mass is 32.1. The number of hydrogen-bond acceptors (Lipinski definition) is 2. The van der Waals surface area contributed by atoms with Crippen molar-refractivity contribution < 1.29 is 4.57 Å². The summed E-state index contributed by atoms with van der Waals surface area (Å²) < 4.78 is 4.38. The second kappa shape index (κ2) is 6.40. The predicted octanol–water partition coefficient (Wildman–Crippen LogP) is 3.39. The van der Waals surface area contributed by atoms with Gasteiger partial charge in [0.2, 0.25) is 0 Å². The van der Waals surface area contributed by atoms with Crippen LogP contribution in [0.4, 0.5) is 0 Å². The van der Waals surface area contributed by atoms with E-state index >= 15 is 0 Å². The lowest BCUT2D eigenvalue weighted by Crippen LogP contribution is -2.35. The number of rotatable bonds is 3. The lowest BCUT2D eigenvalue weighted by Gasteiger charge is -2.28. The zero-order chi connectivity index (χ0) is 16.5. The van der Waals surface area contributed by atoms with E-state index in [1.165, 1.54) is 35.0 Å². The van der Waals surface area contributed by atoms with Crippen LogP contribution >= 0.6 is 11.3 Å². The fraction of sp³-hybridized carbons (Fsp3) is 0.368. The van der Waals surface area contributed by atoms with Gasteiger partial charge >= 0.3 is 0 Å². The Kier molecular flexibility index (Phi) is 4.10. The van der Waals surface area contributed by atoms with E-state index in [0.717, 1.165) is 25.2 Å². The Labute approximate surface area is 146 Å². The highest BCUT2D eigenvalue weighted by Crippen LogP contribution is 2.22. The Morgan fingerprint density at radius 2 is 2.08 bits per heavy atom. The number of aromatic nitrogens is 2. The summed E-state index contributed by atoms with van der Waals surface area (Å²) >= 11 is 1.76. The average molecular weight is 339 g/mol. The number of thiophene rings is 1. The van der Waals surface area contributed by atoms with Crippen LogP contribution in [-0.4, -0.2) is 28.4 Å². The van der Waals surface area contributed by atoms with Gasteiger partial charge in [-0.1, -0.05) is 0 Å². The van der Waals surface area contributed by atoms with E-state index in [1.807, 2.05) is 0 Å². The number of hydrogen-bond donors (Lipinski definition) is 1. The van der Waals surface area contributed by atoms with Crippen LogP contribution in [0.3, 0.4) is 0 Å². The number of nitrogens with one attached hydrogen (secondary N) is 1. The molecule has 1 saturated heterocycles. The number of piperidine rings is 1. The van der Waals surface area contributed by atoms with Gasteiger partial charge in [0.05, 0.1) is 6.54 Å².